The Morgan fingerprint density at radius 3 is 2.77 bits per heavy atom. The van der Waals surface area contributed by atoms with Crippen LogP contribution in [0.1, 0.15) is 29.2 Å². The summed E-state index contributed by atoms with van der Waals surface area (Å²) in [6.07, 6.45) is 4.54. The predicted octanol–water partition coefficient (Wildman–Crippen LogP) is 2.51. The van der Waals surface area contributed by atoms with Crippen LogP contribution in [0.15, 0.2) is 48.1 Å². The zero-order chi connectivity index (χ0) is 18.5. The van der Waals surface area contributed by atoms with Crippen LogP contribution in [0, 0.1) is 5.92 Å². The number of hydrogen-bond donors (Lipinski definition) is 2. The molecule has 2 amide bonds. The van der Waals surface area contributed by atoms with Gasteiger partial charge in [-0.25, -0.2) is 4.98 Å². The number of rotatable bonds is 7. The first-order valence-electron chi connectivity index (χ1n) is 8.59. The van der Waals surface area contributed by atoms with Crippen molar-refractivity contribution in [1.29, 1.82) is 0 Å². The van der Waals surface area contributed by atoms with Crippen LogP contribution in [-0.4, -0.2) is 33.8 Å². The molecule has 136 valence electrons. The molecule has 6 nitrogen and oxygen atoms in total. The summed E-state index contributed by atoms with van der Waals surface area (Å²) in [5.41, 5.74) is 1.80. The lowest BCUT2D eigenvalue weighted by Gasteiger charge is -2.21. The smallest absolute Gasteiger partial charge is 0.262 e. The Kier molecular flexibility index (Phi) is 5.68. The second-order valence-electron chi connectivity index (χ2n) is 6.41. The van der Waals surface area contributed by atoms with Gasteiger partial charge in [-0.05, 0) is 29.5 Å². The van der Waals surface area contributed by atoms with Gasteiger partial charge in [-0.15, -0.1) is 11.3 Å². The standard InChI is InChI=1S/C19H22N4O2S/c1-13(2)17(22-18(24)15-6-5-11-26-15)19(25)20-9-8-14-12-23-10-4-3-7-16(23)21-14/h3-7,10-13,17H,8-9H2,1-2H3,(H,20,25)(H,22,24)/t17-/m1/s1. The Morgan fingerprint density at radius 1 is 1.23 bits per heavy atom. The molecule has 0 unspecified atom stereocenters. The minimum absolute atomic E-state index is 0.00546. The van der Waals surface area contributed by atoms with Crippen molar-refractivity contribution in [2.45, 2.75) is 26.3 Å². The third kappa shape index (κ3) is 4.29. The minimum Gasteiger partial charge on any atom is -0.354 e. The molecule has 1 atom stereocenters. The van der Waals surface area contributed by atoms with Crippen LogP contribution < -0.4 is 10.6 Å². The van der Waals surface area contributed by atoms with Crippen molar-refractivity contribution in [2.24, 2.45) is 5.92 Å². The van der Waals surface area contributed by atoms with Crippen LogP contribution in [0.25, 0.3) is 5.65 Å². The van der Waals surface area contributed by atoms with Crippen LogP contribution in [0.4, 0.5) is 0 Å². The van der Waals surface area contributed by atoms with Gasteiger partial charge in [-0.3, -0.25) is 9.59 Å². The number of aromatic nitrogens is 2. The van der Waals surface area contributed by atoms with Crippen molar-refractivity contribution in [3.8, 4) is 0 Å². The topological polar surface area (TPSA) is 75.5 Å². The lowest BCUT2D eigenvalue weighted by Crippen LogP contribution is -2.49. The number of thiophene rings is 1. The highest BCUT2D eigenvalue weighted by Gasteiger charge is 2.24. The Bertz CT molecular complexity index is 853. The number of fused-ring (bicyclic) bond motifs is 1. The quantitative estimate of drug-likeness (QED) is 0.671. The molecule has 0 aliphatic carbocycles. The van der Waals surface area contributed by atoms with E-state index >= 15 is 0 Å². The number of pyridine rings is 1. The van der Waals surface area contributed by atoms with Gasteiger partial charge in [0.25, 0.3) is 5.91 Å². The predicted molar refractivity (Wildman–Crippen MR) is 102 cm³/mol. The molecule has 0 saturated carbocycles. The molecule has 3 aromatic heterocycles. The highest BCUT2D eigenvalue weighted by atomic mass is 32.1. The molecular weight excluding hydrogens is 348 g/mol. The van der Waals surface area contributed by atoms with E-state index in [0.717, 1.165) is 11.3 Å². The summed E-state index contributed by atoms with van der Waals surface area (Å²) >= 11 is 1.36. The van der Waals surface area contributed by atoms with Gasteiger partial charge in [0.05, 0.1) is 10.6 Å². The first-order valence-corrected chi connectivity index (χ1v) is 9.47. The molecule has 0 aromatic carbocycles. The van der Waals surface area contributed by atoms with Crippen LogP contribution in [-0.2, 0) is 11.2 Å². The highest BCUT2D eigenvalue weighted by Crippen LogP contribution is 2.10. The summed E-state index contributed by atoms with van der Waals surface area (Å²) in [5, 5.41) is 7.58. The molecular formula is C19H22N4O2S. The molecule has 0 saturated heterocycles. The van der Waals surface area contributed by atoms with E-state index in [1.807, 2.05) is 60.3 Å². The maximum atomic E-state index is 12.5. The maximum Gasteiger partial charge on any atom is 0.262 e. The molecule has 0 radical (unpaired) electrons. The summed E-state index contributed by atoms with van der Waals surface area (Å²) in [5.74, 6) is -0.392. The van der Waals surface area contributed by atoms with E-state index in [1.54, 1.807) is 6.07 Å². The summed E-state index contributed by atoms with van der Waals surface area (Å²) in [7, 11) is 0. The number of hydrogen-bond acceptors (Lipinski definition) is 4. The SMILES string of the molecule is CC(C)[C@@H](NC(=O)c1cccs1)C(=O)NCCc1cn2ccccc2n1. The first kappa shape index (κ1) is 18.1. The lowest BCUT2D eigenvalue weighted by atomic mass is 10.0. The van der Waals surface area contributed by atoms with E-state index in [-0.39, 0.29) is 17.7 Å². The van der Waals surface area contributed by atoms with Gasteiger partial charge in [0.2, 0.25) is 5.91 Å². The first-order chi connectivity index (χ1) is 12.5. The second kappa shape index (κ2) is 8.14. The molecule has 26 heavy (non-hydrogen) atoms. The van der Waals surface area contributed by atoms with E-state index in [1.165, 1.54) is 11.3 Å². The monoisotopic (exact) mass is 370 g/mol. The van der Waals surface area contributed by atoms with Gasteiger partial charge < -0.3 is 15.0 Å². The number of carbonyl (C=O) groups excluding carboxylic acids is 2. The van der Waals surface area contributed by atoms with E-state index in [0.29, 0.717) is 17.8 Å². The van der Waals surface area contributed by atoms with Crippen LogP contribution in [0.3, 0.4) is 0 Å². The number of nitrogens with one attached hydrogen (secondary N) is 2. The zero-order valence-corrected chi connectivity index (χ0v) is 15.6. The molecule has 0 bridgehead atoms. The summed E-state index contributed by atoms with van der Waals surface area (Å²) in [6, 6.07) is 8.83. The zero-order valence-electron chi connectivity index (χ0n) is 14.8. The molecule has 2 N–H and O–H groups in total. The van der Waals surface area contributed by atoms with E-state index in [2.05, 4.69) is 15.6 Å². The van der Waals surface area contributed by atoms with Gasteiger partial charge in [-0.2, -0.15) is 0 Å². The van der Waals surface area contributed by atoms with Crippen molar-refractivity contribution in [2.75, 3.05) is 6.54 Å². The molecule has 0 fully saturated rings. The van der Waals surface area contributed by atoms with Gasteiger partial charge in [0.15, 0.2) is 0 Å². The van der Waals surface area contributed by atoms with Crippen molar-refractivity contribution < 1.29 is 9.59 Å². The molecule has 3 heterocycles. The van der Waals surface area contributed by atoms with Gasteiger partial charge in [0.1, 0.15) is 11.7 Å². The molecule has 7 heteroatoms. The number of carbonyl (C=O) groups is 2. The second-order valence-corrected chi connectivity index (χ2v) is 7.36. The highest BCUT2D eigenvalue weighted by molar-refractivity contribution is 7.12. The third-order valence-corrected chi connectivity index (χ3v) is 4.94. The van der Waals surface area contributed by atoms with E-state index < -0.39 is 6.04 Å². The van der Waals surface area contributed by atoms with Gasteiger partial charge >= 0.3 is 0 Å². The largest absolute Gasteiger partial charge is 0.354 e. The fourth-order valence-electron chi connectivity index (χ4n) is 2.69. The number of amides is 2. The van der Waals surface area contributed by atoms with Crippen molar-refractivity contribution >= 4 is 28.8 Å². The number of nitrogens with zero attached hydrogens (tertiary/aromatic N) is 2. The van der Waals surface area contributed by atoms with Crippen molar-refractivity contribution in [3.63, 3.8) is 0 Å². The molecule has 3 aromatic rings. The van der Waals surface area contributed by atoms with E-state index in [4.69, 9.17) is 0 Å². The average Bonchev–Trinajstić information content (AvgIpc) is 3.28. The van der Waals surface area contributed by atoms with Crippen molar-refractivity contribution in [1.82, 2.24) is 20.0 Å². The average molecular weight is 370 g/mol. The van der Waals surface area contributed by atoms with Crippen LogP contribution in [0.2, 0.25) is 0 Å². The molecule has 0 spiro atoms. The summed E-state index contributed by atoms with van der Waals surface area (Å²) in [4.78, 5) is 29.9. The fraction of sp³-hybridized carbons (Fsp3) is 0.316. The Labute approximate surface area is 156 Å². The van der Waals surface area contributed by atoms with Crippen LogP contribution in [0.5, 0.6) is 0 Å². The molecule has 0 aliphatic heterocycles. The fourth-order valence-corrected chi connectivity index (χ4v) is 3.31. The minimum atomic E-state index is -0.564. The molecule has 3 rings (SSSR count). The van der Waals surface area contributed by atoms with Gasteiger partial charge in [-0.1, -0.05) is 26.0 Å². The Morgan fingerprint density at radius 2 is 2.08 bits per heavy atom. The number of imidazole rings is 1. The third-order valence-electron chi connectivity index (χ3n) is 4.07. The summed E-state index contributed by atoms with van der Waals surface area (Å²) in [6.45, 7) is 4.31. The Hall–Kier alpha value is -2.67. The summed E-state index contributed by atoms with van der Waals surface area (Å²) < 4.78 is 1.95. The van der Waals surface area contributed by atoms with Gasteiger partial charge in [0, 0.05) is 25.4 Å². The maximum absolute atomic E-state index is 12.5. The van der Waals surface area contributed by atoms with E-state index in [9.17, 15) is 9.59 Å². The molecule has 0 aliphatic rings. The normalized spacial score (nSPS) is 12.3. The Balaban J connectivity index is 1.55. The van der Waals surface area contributed by atoms with Crippen molar-refractivity contribution in [3.05, 3.63) is 58.7 Å². The van der Waals surface area contributed by atoms with Crippen LogP contribution >= 0.6 is 11.3 Å². The lowest BCUT2D eigenvalue weighted by molar-refractivity contribution is -0.123.